The van der Waals surface area contributed by atoms with Crippen LogP contribution in [0.3, 0.4) is 0 Å². The molecule has 16 heteroatoms. The predicted molar refractivity (Wildman–Crippen MR) is 56.5 cm³/mol. The zero-order valence-corrected chi connectivity index (χ0v) is 12.9. The summed E-state index contributed by atoms with van der Waals surface area (Å²) in [6.07, 6.45) is -14.2. The molecule has 0 atom stereocenters. The first-order chi connectivity index (χ1) is 11.4. The number of rotatable bonds is 8. The van der Waals surface area contributed by atoms with Crippen LogP contribution in [0.2, 0.25) is 0 Å². The van der Waals surface area contributed by atoms with Gasteiger partial charge in [-0.25, -0.2) is 0 Å². The highest BCUT2D eigenvalue weighted by Crippen LogP contribution is 2.62. The van der Waals surface area contributed by atoms with Crippen LogP contribution >= 0.6 is 0 Å². The van der Waals surface area contributed by atoms with E-state index < -0.39 is 54.4 Å². The first kappa shape index (κ1) is 25.9. The van der Waals surface area contributed by atoms with E-state index in [1.54, 1.807) is 0 Å². The van der Waals surface area contributed by atoms with E-state index in [4.69, 9.17) is 0 Å². The molecule has 0 saturated carbocycles. The van der Waals surface area contributed by atoms with Gasteiger partial charge in [-0.3, -0.25) is 0 Å². The summed E-state index contributed by atoms with van der Waals surface area (Å²) in [5.74, 6) is -41.3. The summed E-state index contributed by atoms with van der Waals surface area (Å²) in [6, 6.07) is 0. The van der Waals surface area contributed by atoms with Crippen molar-refractivity contribution < 1.29 is 70.6 Å². The number of alkyl halides is 15. The van der Waals surface area contributed by atoms with Gasteiger partial charge in [0.05, 0.1) is 6.61 Å². The van der Waals surface area contributed by atoms with Crippen molar-refractivity contribution in [2.24, 2.45) is 5.92 Å². The highest BCUT2D eigenvalue weighted by Gasteiger charge is 2.93. The largest absolute Gasteiger partial charge is 0.460 e. The van der Waals surface area contributed by atoms with E-state index >= 15 is 0 Å². The minimum Gasteiger partial charge on any atom is -0.315 e. The Labute approximate surface area is 140 Å². The van der Waals surface area contributed by atoms with Gasteiger partial charge in [0.15, 0.2) is 0 Å². The van der Waals surface area contributed by atoms with Gasteiger partial charge in [0.25, 0.3) is 0 Å². The first-order valence-electron chi connectivity index (χ1n) is 6.39. The van der Waals surface area contributed by atoms with Crippen molar-refractivity contribution in [3.05, 3.63) is 0 Å². The average Bonchev–Trinajstić information content (AvgIpc) is 2.42. The predicted octanol–water partition coefficient (Wildman–Crippen LogP) is 5.99. The van der Waals surface area contributed by atoms with Crippen molar-refractivity contribution in [3.63, 3.8) is 0 Å². The maximum Gasteiger partial charge on any atom is 0.460 e. The number of hydrogen-bond donors (Lipinski definition) is 0. The Morgan fingerprint density at radius 3 is 1.11 bits per heavy atom. The summed E-state index contributed by atoms with van der Waals surface area (Å²) >= 11 is 0. The third-order valence-corrected chi connectivity index (χ3v) is 2.90. The molecule has 164 valence electrons. The van der Waals surface area contributed by atoms with E-state index in [-0.39, 0.29) is 0 Å². The van der Waals surface area contributed by atoms with Crippen molar-refractivity contribution in [1.29, 1.82) is 0 Å². The first-order valence-corrected chi connectivity index (χ1v) is 6.39. The van der Waals surface area contributed by atoms with Crippen LogP contribution in [-0.4, -0.2) is 48.5 Å². The van der Waals surface area contributed by atoms with Gasteiger partial charge in [0.1, 0.15) is 0 Å². The van der Waals surface area contributed by atoms with Crippen LogP contribution in [0.1, 0.15) is 13.8 Å². The van der Waals surface area contributed by atoms with Crippen molar-refractivity contribution in [2.45, 2.75) is 55.7 Å². The fraction of sp³-hybridized carbons (Fsp3) is 1.00. The minimum atomic E-state index is -8.28. The molecule has 27 heavy (non-hydrogen) atoms. The normalized spacial score (nSPS) is 16.2. The van der Waals surface area contributed by atoms with E-state index in [0.29, 0.717) is 0 Å². The maximum atomic E-state index is 13.2. The Bertz CT molecular complexity index is 518. The zero-order valence-electron chi connectivity index (χ0n) is 12.9. The Balaban J connectivity index is 6.30. The van der Waals surface area contributed by atoms with Gasteiger partial charge in [0.2, 0.25) is 0 Å². The summed E-state index contributed by atoms with van der Waals surface area (Å²) < 4.78 is 194. The molecule has 0 amide bonds. The Morgan fingerprint density at radius 2 is 0.815 bits per heavy atom. The summed E-state index contributed by atoms with van der Waals surface area (Å²) in [5.41, 5.74) is 0. The standard InChI is InChI=1S/C11H9F15O/c1-4(2)3-27-11(25,26)9(20,21)7(16,17)5(12,13)6(14,15)8(18,19)10(22,23)24/h4H,3H2,1-2H3. The molecule has 0 aliphatic carbocycles. The minimum absolute atomic E-state index is 0.971. The molecular weight excluding hydrogens is 433 g/mol. The van der Waals surface area contributed by atoms with Gasteiger partial charge in [-0.1, -0.05) is 13.8 Å². The SMILES string of the molecule is CC(C)COC(F)(F)C(F)(F)C(F)(F)C(F)(F)C(F)(F)C(F)(F)C(F)(F)F. The molecule has 0 N–H and O–H groups in total. The second-order valence-electron chi connectivity index (χ2n) is 5.59. The van der Waals surface area contributed by atoms with Gasteiger partial charge >= 0.3 is 41.9 Å². The molecule has 1 nitrogen and oxygen atoms in total. The van der Waals surface area contributed by atoms with Crippen LogP contribution in [0.25, 0.3) is 0 Å². The van der Waals surface area contributed by atoms with Gasteiger partial charge < -0.3 is 4.74 Å². The molecule has 0 radical (unpaired) electrons. The molecule has 0 aliphatic rings. The van der Waals surface area contributed by atoms with Crippen molar-refractivity contribution >= 4 is 0 Å². The maximum absolute atomic E-state index is 13.2. The molecular formula is C11H9F15O. The quantitative estimate of drug-likeness (QED) is 0.420. The van der Waals surface area contributed by atoms with E-state index in [0.717, 1.165) is 13.8 Å². The third-order valence-electron chi connectivity index (χ3n) is 2.90. The van der Waals surface area contributed by atoms with E-state index in [9.17, 15) is 65.9 Å². The second kappa shape index (κ2) is 6.76. The number of halogens is 15. The average molecular weight is 442 g/mol. The molecule has 0 aromatic heterocycles. The molecule has 0 unspecified atom stereocenters. The fourth-order valence-corrected chi connectivity index (χ4v) is 1.31. The van der Waals surface area contributed by atoms with Crippen LogP contribution in [0, 0.1) is 5.92 Å². The Kier molecular flexibility index (Phi) is 6.48. The summed E-state index contributed by atoms with van der Waals surface area (Å²) in [6.45, 7) is 0.428. The third kappa shape index (κ3) is 3.77. The number of ether oxygens (including phenoxy) is 1. The zero-order chi connectivity index (χ0) is 22.5. The van der Waals surface area contributed by atoms with E-state index in [1.165, 1.54) is 0 Å². The lowest BCUT2D eigenvalue weighted by molar-refractivity contribution is -0.472. The molecule has 0 aromatic rings. The van der Waals surface area contributed by atoms with Crippen LogP contribution in [0.4, 0.5) is 65.9 Å². The molecule has 0 aromatic carbocycles. The van der Waals surface area contributed by atoms with Crippen molar-refractivity contribution in [1.82, 2.24) is 0 Å². The lowest BCUT2D eigenvalue weighted by atomic mass is 9.93. The molecule has 0 spiro atoms. The van der Waals surface area contributed by atoms with E-state index in [1.807, 2.05) is 0 Å². The molecule has 0 fully saturated rings. The lowest BCUT2D eigenvalue weighted by Crippen LogP contribution is -2.72. The highest BCUT2D eigenvalue weighted by atomic mass is 19.4. The Hall–Kier alpha value is -1.09. The van der Waals surface area contributed by atoms with Gasteiger partial charge in [0, 0.05) is 0 Å². The second-order valence-corrected chi connectivity index (χ2v) is 5.59. The molecule has 0 aliphatic heterocycles. The lowest BCUT2D eigenvalue weighted by Gasteiger charge is -2.41. The van der Waals surface area contributed by atoms with Crippen LogP contribution in [-0.2, 0) is 4.74 Å². The van der Waals surface area contributed by atoms with Crippen LogP contribution in [0.5, 0.6) is 0 Å². The Morgan fingerprint density at radius 1 is 0.519 bits per heavy atom. The number of hydrogen-bond acceptors (Lipinski definition) is 1. The monoisotopic (exact) mass is 442 g/mol. The molecule has 0 saturated heterocycles. The summed E-state index contributed by atoms with van der Waals surface area (Å²) in [7, 11) is 0. The van der Waals surface area contributed by atoms with Crippen LogP contribution in [0.15, 0.2) is 0 Å². The van der Waals surface area contributed by atoms with Crippen LogP contribution < -0.4 is 0 Å². The molecule has 0 heterocycles. The fourth-order valence-electron chi connectivity index (χ4n) is 1.31. The topological polar surface area (TPSA) is 9.23 Å². The van der Waals surface area contributed by atoms with E-state index in [2.05, 4.69) is 4.74 Å². The highest BCUT2D eigenvalue weighted by molar-refractivity contribution is 5.11. The van der Waals surface area contributed by atoms with Crippen molar-refractivity contribution in [3.8, 4) is 0 Å². The van der Waals surface area contributed by atoms with Gasteiger partial charge in [-0.15, -0.1) is 0 Å². The summed E-state index contributed by atoms with van der Waals surface area (Å²) in [5, 5.41) is 0. The van der Waals surface area contributed by atoms with Crippen molar-refractivity contribution in [2.75, 3.05) is 6.61 Å². The van der Waals surface area contributed by atoms with Gasteiger partial charge in [-0.05, 0) is 5.92 Å². The van der Waals surface area contributed by atoms with Gasteiger partial charge in [-0.2, -0.15) is 65.9 Å². The molecule has 0 rings (SSSR count). The summed E-state index contributed by atoms with van der Waals surface area (Å²) in [4.78, 5) is 0. The molecule has 0 bridgehead atoms. The smallest absolute Gasteiger partial charge is 0.315 e.